The highest BCUT2D eigenvalue weighted by Crippen LogP contribution is 2.34. The third-order valence-electron chi connectivity index (χ3n) is 3.71. The Kier molecular flexibility index (Phi) is 6.75. The van der Waals surface area contributed by atoms with E-state index in [9.17, 15) is 5.11 Å². The van der Waals surface area contributed by atoms with E-state index in [-0.39, 0.29) is 5.75 Å². The molecule has 0 aliphatic rings. The van der Waals surface area contributed by atoms with Crippen LogP contribution in [0.1, 0.15) is 51.0 Å². The largest absolute Gasteiger partial charge is 0.503 e. The molecule has 0 bridgehead atoms. The number of hydrogen-bond acceptors (Lipinski definition) is 3. The van der Waals surface area contributed by atoms with E-state index in [2.05, 4.69) is 11.9 Å². The highest BCUT2D eigenvalue weighted by Gasteiger charge is 2.11. The fourth-order valence-electron chi connectivity index (χ4n) is 2.48. The number of nitrogens with zero attached hydrogens (tertiary/aromatic N) is 1. The number of benzene rings is 1. The second-order valence-corrected chi connectivity index (χ2v) is 5.58. The Hall–Kier alpha value is -2.03. The molecule has 0 aliphatic carbocycles. The summed E-state index contributed by atoms with van der Waals surface area (Å²) in [6.45, 7) is 2.23. The van der Waals surface area contributed by atoms with E-state index in [0.29, 0.717) is 5.75 Å². The molecule has 3 nitrogen and oxygen atoms in total. The van der Waals surface area contributed by atoms with Crippen LogP contribution in [0.25, 0.3) is 0 Å². The van der Waals surface area contributed by atoms with Crippen molar-refractivity contribution in [3.8, 4) is 17.2 Å². The smallest absolute Gasteiger partial charge is 0.177 e. The van der Waals surface area contributed by atoms with E-state index in [4.69, 9.17) is 4.74 Å². The van der Waals surface area contributed by atoms with Gasteiger partial charge in [0.1, 0.15) is 5.75 Å². The molecule has 1 N–H and O–H groups in total. The molecule has 0 spiro atoms. The Morgan fingerprint density at radius 3 is 2.45 bits per heavy atom. The maximum atomic E-state index is 10.0. The molecule has 0 unspecified atom stereocenters. The van der Waals surface area contributed by atoms with Crippen LogP contribution in [0.3, 0.4) is 0 Å². The Morgan fingerprint density at radius 1 is 0.955 bits per heavy atom. The van der Waals surface area contributed by atoms with E-state index >= 15 is 0 Å². The minimum atomic E-state index is 0.104. The summed E-state index contributed by atoms with van der Waals surface area (Å²) in [5, 5.41) is 10.0. The molecule has 0 aliphatic heterocycles. The molecule has 1 heterocycles. The minimum absolute atomic E-state index is 0.104. The third kappa shape index (κ3) is 5.06. The first-order chi connectivity index (χ1) is 10.8. The van der Waals surface area contributed by atoms with Crippen molar-refractivity contribution in [2.45, 2.75) is 51.9 Å². The average Bonchev–Trinajstić information content (AvgIpc) is 2.54. The van der Waals surface area contributed by atoms with E-state index in [1.54, 1.807) is 6.20 Å². The third-order valence-corrected chi connectivity index (χ3v) is 3.71. The fourth-order valence-corrected chi connectivity index (χ4v) is 2.48. The number of rotatable bonds is 9. The van der Waals surface area contributed by atoms with Crippen molar-refractivity contribution in [1.29, 1.82) is 0 Å². The fraction of sp³-hybridized carbons (Fsp3) is 0.421. The standard InChI is InChI=1S/C19H25NO2/c1-2-3-4-5-6-8-11-16-14-20-15-18(21)19(16)22-17-12-9-7-10-13-17/h7,9-10,12-15,21H,2-6,8,11H2,1H3. The van der Waals surface area contributed by atoms with Crippen LogP contribution in [0, 0.1) is 0 Å². The van der Waals surface area contributed by atoms with Gasteiger partial charge in [0.2, 0.25) is 0 Å². The van der Waals surface area contributed by atoms with Crippen LogP contribution in [-0.4, -0.2) is 10.1 Å². The summed E-state index contributed by atoms with van der Waals surface area (Å²) in [6, 6.07) is 9.54. The lowest BCUT2D eigenvalue weighted by atomic mass is 10.1. The van der Waals surface area contributed by atoms with Gasteiger partial charge in [0.05, 0.1) is 6.20 Å². The number of aromatic nitrogens is 1. The van der Waals surface area contributed by atoms with Crippen LogP contribution in [-0.2, 0) is 6.42 Å². The second-order valence-electron chi connectivity index (χ2n) is 5.58. The molecule has 0 saturated heterocycles. The van der Waals surface area contributed by atoms with Gasteiger partial charge in [-0.3, -0.25) is 4.98 Å². The summed E-state index contributed by atoms with van der Waals surface area (Å²) in [5.74, 6) is 1.37. The lowest BCUT2D eigenvalue weighted by Gasteiger charge is -2.12. The summed E-state index contributed by atoms with van der Waals surface area (Å²) >= 11 is 0. The van der Waals surface area contributed by atoms with Gasteiger partial charge in [-0.25, -0.2) is 0 Å². The zero-order chi connectivity index (χ0) is 15.6. The highest BCUT2D eigenvalue weighted by molar-refractivity contribution is 5.45. The molecule has 2 aromatic rings. The molecule has 3 heteroatoms. The summed E-state index contributed by atoms with van der Waals surface area (Å²) in [5.41, 5.74) is 0.972. The lowest BCUT2D eigenvalue weighted by Crippen LogP contribution is -1.94. The molecule has 2 rings (SSSR count). The maximum absolute atomic E-state index is 10.0. The van der Waals surface area contributed by atoms with Crippen molar-refractivity contribution in [3.05, 3.63) is 48.3 Å². The van der Waals surface area contributed by atoms with Gasteiger partial charge in [-0.1, -0.05) is 57.2 Å². The van der Waals surface area contributed by atoms with Crippen LogP contribution >= 0.6 is 0 Å². The predicted molar refractivity (Wildman–Crippen MR) is 89.5 cm³/mol. The van der Waals surface area contributed by atoms with Gasteiger partial charge in [0.15, 0.2) is 11.5 Å². The minimum Gasteiger partial charge on any atom is -0.503 e. The van der Waals surface area contributed by atoms with Crippen molar-refractivity contribution in [1.82, 2.24) is 4.98 Å². The monoisotopic (exact) mass is 299 g/mol. The molecule has 1 aromatic heterocycles. The number of aromatic hydroxyl groups is 1. The predicted octanol–water partition coefficient (Wildman–Crippen LogP) is 5.48. The summed E-state index contributed by atoms with van der Waals surface area (Å²) < 4.78 is 5.85. The molecule has 0 radical (unpaired) electrons. The van der Waals surface area contributed by atoms with Gasteiger partial charge in [0.25, 0.3) is 0 Å². The van der Waals surface area contributed by atoms with Crippen molar-refractivity contribution < 1.29 is 9.84 Å². The Morgan fingerprint density at radius 2 is 1.68 bits per heavy atom. The zero-order valence-corrected chi connectivity index (χ0v) is 13.3. The molecule has 0 amide bonds. The molecule has 22 heavy (non-hydrogen) atoms. The first kappa shape index (κ1) is 16.3. The topological polar surface area (TPSA) is 42.4 Å². The van der Waals surface area contributed by atoms with Gasteiger partial charge in [0, 0.05) is 11.8 Å². The number of para-hydroxylation sites is 1. The van der Waals surface area contributed by atoms with Gasteiger partial charge in [-0.15, -0.1) is 0 Å². The second kappa shape index (κ2) is 9.08. The van der Waals surface area contributed by atoms with Gasteiger partial charge in [-0.2, -0.15) is 0 Å². The first-order valence-electron chi connectivity index (χ1n) is 8.20. The van der Waals surface area contributed by atoms with Crippen LogP contribution in [0.2, 0.25) is 0 Å². The first-order valence-corrected chi connectivity index (χ1v) is 8.20. The van der Waals surface area contributed by atoms with Crippen LogP contribution < -0.4 is 4.74 Å². The number of pyridine rings is 1. The van der Waals surface area contributed by atoms with Gasteiger partial charge < -0.3 is 9.84 Å². The van der Waals surface area contributed by atoms with Gasteiger partial charge >= 0.3 is 0 Å². The molecule has 0 atom stereocenters. The van der Waals surface area contributed by atoms with Crippen LogP contribution in [0.4, 0.5) is 0 Å². The molecule has 118 valence electrons. The maximum Gasteiger partial charge on any atom is 0.177 e. The normalized spacial score (nSPS) is 10.6. The zero-order valence-electron chi connectivity index (χ0n) is 13.3. The number of unbranched alkanes of at least 4 members (excludes halogenated alkanes) is 5. The Balaban J connectivity index is 1.94. The Labute approximate surface area is 133 Å². The molecular formula is C19H25NO2. The molecule has 0 fully saturated rings. The van der Waals surface area contributed by atoms with Crippen molar-refractivity contribution in [3.63, 3.8) is 0 Å². The molecular weight excluding hydrogens is 274 g/mol. The SMILES string of the molecule is CCCCCCCCc1cncc(O)c1Oc1ccccc1. The molecule has 0 saturated carbocycles. The van der Waals surface area contributed by atoms with Crippen LogP contribution in [0.5, 0.6) is 17.2 Å². The number of aryl methyl sites for hydroxylation is 1. The van der Waals surface area contributed by atoms with Crippen molar-refractivity contribution in [2.75, 3.05) is 0 Å². The van der Waals surface area contributed by atoms with E-state index in [1.165, 1.54) is 38.3 Å². The molecule has 1 aromatic carbocycles. The van der Waals surface area contributed by atoms with E-state index in [0.717, 1.165) is 24.2 Å². The quantitative estimate of drug-likeness (QED) is 0.623. The summed E-state index contributed by atoms with van der Waals surface area (Å²) in [6.07, 6.45) is 11.6. The van der Waals surface area contributed by atoms with Gasteiger partial charge in [-0.05, 0) is 25.0 Å². The number of hydrogen-bond donors (Lipinski definition) is 1. The van der Waals surface area contributed by atoms with E-state index in [1.807, 2.05) is 30.3 Å². The van der Waals surface area contributed by atoms with Crippen molar-refractivity contribution in [2.24, 2.45) is 0 Å². The summed E-state index contributed by atoms with van der Waals surface area (Å²) in [7, 11) is 0. The van der Waals surface area contributed by atoms with Crippen LogP contribution in [0.15, 0.2) is 42.7 Å². The Bertz CT molecular complexity index is 555. The van der Waals surface area contributed by atoms with E-state index < -0.39 is 0 Å². The highest BCUT2D eigenvalue weighted by atomic mass is 16.5. The lowest BCUT2D eigenvalue weighted by molar-refractivity contribution is 0.404. The average molecular weight is 299 g/mol. The van der Waals surface area contributed by atoms with Crippen molar-refractivity contribution >= 4 is 0 Å². The summed E-state index contributed by atoms with van der Waals surface area (Å²) in [4.78, 5) is 4.08. The number of ether oxygens (including phenoxy) is 1.